The molecular formula is C20H18N2O4. The molecule has 1 aliphatic rings. The third-order valence-corrected chi connectivity index (χ3v) is 4.21. The lowest BCUT2D eigenvalue weighted by Crippen LogP contribution is -2.45. The molecule has 1 heterocycles. The maximum absolute atomic E-state index is 13.0. The van der Waals surface area contributed by atoms with Crippen LogP contribution in [0.3, 0.4) is 0 Å². The van der Waals surface area contributed by atoms with Gasteiger partial charge in [0.1, 0.15) is 0 Å². The van der Waals surface area contributed by atoms with Gasteiger partial charge in [-0.3, -0.25) is 4.79 Å². The van der Waals surface area contributed by atoms with Crippen molar-refractivity contribution < 1.29 is 19.1 Å². The Bertz CT molecular complexity index is 886. The van der Waals surface area contributed by atoms with Crippen LogP contribution in [0.1, 0.15) is 39.2 Å². The molecule has 0 radical (unpaired) electrons. The van der Waals surface area contributed by atoms with Crippen LogP contribution in [0.2, 0.25) is 0 Å². The van der Waals surface area contributed by atoms with Crippen molar-refractivity contribution in [1.82, 2.24) is 10.6 Å². The Morgan fingerprint density at radius 2 is 1.62 bits per heavy atom. The lowest BCUT2D eigenvalue weighted by molar-refractivity contribution is 0.0600. The van der Waals surface area contributed by atoms with Gasteiger partial charge in [0, 0.05) is 16.8 Å². The molecule has 1 atom stereocenters. The zero-order chi connectivity index (χ0) is 18.7. The van der Waals surface area contributed by atoms with Crippen LogP contribution in [0.5, 0.6) is 0 Å². The van der Waals surface area contributed by atoms with Crippen LogP contribution >= 0.6 is 0 Å². The summed E-state index contributed by atoms with van der Waals surface area (Å²) in [4.78, 5) is 36.5. The molecule has 2 aromatic rings. The first-order valence-electron chi connectivity index (χ1n) is 8.07. The predicted molar refractivity (Wildman–Crippen MR) is 95.7 cm³/mol. The second-order valence-electron chi connectivity index (χ2n) is 5.88. The van der Waals surface area contributed by atoms with E-state index >= 15 is 0 Å². The quantitative estimate of drug-likeness (QED) is 0.656. The highest BCUT2D eigenvalue weighted by Crippen LogP contribution is 2.29. The minimum Gasteiger partial charge on any atom is -0.465 e. The van der Waals surface area contributed by atoms with Gasteiger partial charge in [0.05, 0.1) is 18.7 Å². The lowest BCUT2D eigenvalue weighted by atomic mass is 9.89. The highest BCUT2D eigenvalue weighted by atomic mass is 16.5. The summed E-state index contributed by atoms with van der Waals surface area (Å²) in [7, 11) is 1.31. The number of urea groups is 1. The number of amides is 2. The van der Waals surface area contributed by atoms with Crippen LogP contribution in [0.25, 0.3) is 0 Å². The van der Waals surface area contributed by atoms with E-state index in [2.05, 4.69) is 10.6 Å². The Morgan fingerprint density at radius 3 is 2.23 bits per heavy atom. The Hall–Kier alpha value is -3.41. The van der Waals surface area contributed by atoms with Gasteiger partial charge in [-0.05, 0) is 24.6 Å². The van der Waals surface area contributed by atoms with E-state index in [1.165, 1.54) is 7.11 Å². The summed E-state index contributed by atoms with van der Waals surface area (Å²) in [5.74, 6) is -0.615. The minimum atomic E-state index is -0.608. The van der Waals surface area contributed by atoms with E-state index in [0.29, 0.717) is 28.0 Å². The van der Waals surface area contributed by atoms with Crippen LogP contribution in [-0.2, 0) is 4.74 Å². The second-order valence-corrected chi connectivity index (χ2v) is 5.88. The van der Waals surface area contributed by atoms with E-state index in [0.717, 1.165) is 0 Å². The summed E-state index contributed by atoms with van der Waals surface area (Å²) in [6.45, 7) is 1.70. The van der Waals surface area contributed by atoms with E-state index < -0.39 is 12.0 Å². The number of ketones is 1. The Kier molecular flexibility index (Phi) is 4.84. The van der Waals surface area contributed by atoms with Crippen LogP contribution in [0.15, 0.2) is 65.9 Å². The normalized spacial score (nSPS) is 16.5. The molecule has 0 unspecified atom stereocenters. The van der Waals surface area contributed by atoms with Gasteiger partial charge in [-0.15, -0.1) is 0 Å². The standard InChI is InChI=1S/C20H18N2O4/c1-12-16(18(23)14-6-4-3-5-7-14)17(22-20(25)21-12)13-8-10-15(11-9-13)19(24)26-2/h3-11,17H,1-2H3,(H2,21,22,25)/t17-/m1/s1. The first-order chi connectivity index (χ1) is 12.5. The van der Waals surface area contributed by atoms with Crippen molar-refractivity contribution in [3.8, 4) is 0 Å². The lowest BCUT2D eigenvalue weighted by Gasteiger charge is -2.28. The highest BCUT2D eigenvalue weighted by molar-refractivity contribution is 6.11. The number of hydrogen-bond donors (Lipinski definition) is 2. The van der Waals surface area contributed by atoms with E-state index in [-0.39, 0.29) is 11.8 Å². The third kappa shape index (κ3) is 3.35. The van der Waals surface area contributed by atoms with Crippen molar-refractivity contribution in [2.45, 2.75) is 13.0 Å². The maximum Gasteiger partial charge on any atom is 0.337 e. The number of benzene rings is 2. The van der Waals surface area contributed by atoms with Crippen LogP contribution < -0.4 is 10.6 Å². The minimum absolute atomic E-state index is 0.169. The van der Waals surface area contributed by atoms with Crippen molar-refractivity contribution in [3.05, 3.63) is 82.6 Å². The van der Waals surface area contributed by atoms with E-state index in [4.69, 9.17) is 4.74 Å². The molecule has 0 aromatic heterocycles. The monoisotopic (exact) mass is 350 g/mol. The van der Waals surface area contributed by atoms with Gasteiger partial charge in [-0.2, -0.15) is 0 Å². The van der Waals surface area contributed by atoms with E-state index in [9.17, 15) is 14.4 Å². The highest BCUT2D eigenvalue weighted by Gasteiger charge is 2.31. The first-order valence-corrected chi connectivity index (χ1v) is 8.07. The number of rotatable bonds is 4. The molecule has 0 aliphatic carbocycles. The van der Waals surface area contributed by atoms with Gasteiger partial charge in [0.15, 0.2) is 5.78 Å². The number of allylic oxidation sites excluding steroid dienone is 1. The number of Topliss-reactive ketones (excluding diaryl/α,β-unsaturated/α-hetero) is 1. The average molecular weight is 350 g/mol. The number of ether oxygens (including phenoxy) is 1. The number of hydrogen-bond acceptors (Lipinski definition) is 4. The van der Waals surface area contributed by atoms with Crippen molar-refractivity contribution in [2.75, 3.05) is 7.11 Å². The number of carbonyl (C=O) groups is 3. The Balaban J connectivity index is 2.00. The Morgan fingerprint density at radius 1 is 0.962 bits per heavy atom. The molecule has 26 heavy (non-hydrogen) atoms. The number of nitrogens with one attached hydrogen (secondary N) is 2. The van der Waals surface area contributed by atoms with Gasteiger partial charge >= 0.3 is 12.0 Å². The van der Waals surface area contributed by atoms with Crippen molar-refractivity contribution in [2.24, 2.45) is 0 Å². The maximum atomic E-state index is 13.0. The molecule has 0 fully saturated rings. The summed E-state index contributed by atoms with van der Waals surface area (Å²) in [6.07, 6.45) is 0. The van der Waals surface area contributed by atoms with Gasteiger partial charge in [-0.25, -0.2) is 9.59 Å². The fourth-order valence-electron chi connectivity index (χ4n) is 2.92. The van der Waals surface area contributed by atoms with Crippen molar-refractivity contribution in [1.29, 1.82) is 0 Å². The third-order valence-electron chi connectivity index (χ3n) is 4.21. The molecule has 0 saturated carbocycles. The molecule has 0 saturated heterocycles. The molecule has 2 amide bonds. The molecule has 0 spiro atoms. The van der Waals surface area contributed by atoms with Gasteiger partial charge in [0.2, 0.25) is 0 Å². The summed E-state index contributed by atoms with van der Waals surface area (Å²) in [5.41, 5.74) is 2.60. The number of carbonyl (C=O) groups excluding carboxylic acids is 3. The summed E-state index contributed by atoms with van der Waals surface area (Å²) in [5, 5.41) is 5.43. The SMILES string of the molecule is COC(=O)c1ccc([C@H]2NC(=O)NC(C)=C2C(=O)c2ccccc2)cc1. The molecule has 132 valence electrons. The van der Waals surface area contributed by atoms with Crippen molar-refractivity contribution >= 4 is 17.8 Å². The van der Waals surface area contributed by atoms with Crippen LogP contribution in [0, 0.1) is 0 Å². The molecule has 1 aliphatic heterocycles. The average Bonchev–Trinajstić information content (AvgIpc) is 2.67. The molecule has 3 rings (SSSR count). The van der Waals surface area contributed by atoms with Crippen LogP contribution in [-0.4, -0.2) is 24.9 Å². The smallest absolute Gasteiger partial charge is 0.337 e. The zero-order valence-electron chi connectivity index (χ0n) is 14.4. The van der Waals surface area contributed by atoms with Gasteiger partial charge in [-0.1, -0.05) is 42.5 Å². The van der Waals surface area contributed by atoms with Crippen LogP contribution in [0.4, 0.5) is 4.79 Å². The summed E-state index contributed by atoms with van der Waals surface area (Å²) in [6, 6.07) is 14.5. The van der Waals surface area contributed by atoms with Gasteiger partial charge < -0.3 is 15.4 Å². The van der Waals surface area contributed by atoms with E-state index in [1.807, 2.05) is 6.07 Å². The Labute approximate surface area is 150 Å². The fraction of sp³-hybridized carbons (Fsp3) is 0.150. The van der Waals surface area contributed by atoms with Crippen molar-refractivity contribution in [3.63, 3.8) is 0 Å². The molecular weight excluding hydrogens is 332 g/mol. The fourth-order valence-corrected chi connectivity index (χ4v) is 2.92. The first kappa shape index (κ1) is 17.4. The number of methoxy groups -OCH3 is 1. The molecule has 2 N–H and O–H groups in total. The van der Waals surface area contributed by atoms with Gasteiger partial charge in [0.25, 0.3) is 0 Å². The summed E-state index contributed by atoms with van der Waals surface area (Å²) >= 11 is 0. The van der Waals surface area contributed by atoms with E-state index in [1.54, 1.807) is 55.5 Å². The molecule has 2 aromatic carbocycles. The molecule has 6 nitrogen and oxygen atoms in total. The predicted octanol–water partition coefficient (Wildman–Crippen LogP) is 2.98. The number of esters is 1. The summed E-state index contributed by atoms with van der Waals surface area (Å²) < 4.78 is 4.69. The molecule has 0 bridgehead atoms. The second kappa shape index (κ2) is 7.23. The molecule has 6 heteroatoms. The topological polar surface area (TPSA) is 84.5 Å². The zero-order valence-corrected chi connectivity index (χ0v) is 14.4. The largest absolute Gasteiger partial charge is 0.465 e.